The van der Waals surface area contributed by atoms with E-state index in [4.69, 9.17) is 5.73 Å². The summed E-state index contributed by atoms with van der Waals surface area (Å²) in [6.45, 7) is 2.93. The van der Waals surface area contributed by atoms with Crippen LogP contribution in [0, 0.1) is 11.8 Å². The molecule has 0 aromatic carbocycles. The molecule has 2 amide bonds. The number of rotatable bonds is 8. The van der Waals surface area contributed by atoms with Gasteiger partial charge in [-0.2, -0.15) is 0 Å². The molecule has 4 N–H and O–H groups in total. The second-order valence-electron chi connectivity index (χ2n) is 5.81. The summed E-state index contributed by atoms with van der Waals surface area (Å²) in [5, 5.41) is 5.37. The van der Waals surface area contributed by atoms with Gasteiger partial charge in [-0.25, -0.2) is 0 Å². The largest absolute Gasteiger partial charge is 0.354 e. The van der Waals surface area contributed by atoms with Gasteiger partial charge in [0.1, 0.15) is 0 Å². The van der Waals surface area contributed by atoms with Crippen molar-refractivity contribution in [3.05, 3.63) is 0 Å². The Kier molecular flexibility index (Phi) is 8.26. The van der Waals surface area contributed by atoms with Crippen molar-refractivity contribution < 1.29 is 9.59 Å². The number of amides is 2. The predicted octanol–water partition coefficient (Wildman–Crippen LogP) is 1.17. The Bertz CT molecular complexity index is 299. The van der Waals surface area contributed by atoms with Crippen molar-refractivity contribution in [2.24, 2.45) is 17.6 Å². The third-order valence-corrected chi connectivity index (χ3v) is 4.15. The zero-order chi connectivity index (χ0) is 14.8. The molecule has 5 nitrogen and oxygen atoms in total. The van der Waals surface area contributed by atoms with Crippen molar-refractivity contribution in [1.82, 2.24) is 10.6 Å². The first-order valence-electron chi connectivity index (χ1n) is 7.89. The van der Waals surface area contributed by atoms with E-state index in [1.54, 1.807) is 0 Å². The average molecular weight is 283 g/mol. The minimum atomic E-state index is -0.295. The highest BCUT2D eigenvalue weighted by molar-refractivity contribution is 5.85. The summed E-state index contributed by atoms with van der Waals surface area (Å²) in [7, 11) is 0. The molecule has 1 fully saturated rings. The molecule has 0 spiro atoms. The highest BCUT2D eigenvalue weighted by Gasteiger charge is 2.21. The lowest BCUT2D eigenvalue weighted by molar-refractivity contribution is -0.125. The van der Waals surface area contributed by atoms with E-state index in [1.807, 2.05) is 0 Å². The normalized spacial score (nSPS) is 22.3. The van der Waals surface area contributed by atoms with Crippen LogP contribution in [0.15, 0.2) is 0 Å². The summed E-state index contributed by atoms with van der Waals surface area (Å²) in [5.41, 5.74) is 5.15. The Labute approximate surface area is 122 Å². The van der Waals surface area contributed by atoms with Crippen LogP contribution in [-0.4, -0.2) is 31.4 Å². The third-order valence-electron chi connectivity index (χ3n) is 4.15. The number of nitrogens with one attached hydrogen (secondary N) is 2. The van der Waals surface area contributed by atoms with Crippen molar-refractivity contribution in [3.8, 4) is 0 Å². The van der Waals surface area contributed by atoms with Gasteiger partial charge in [0, 0.05) is 6.54 Å². The van der Waals surface area contributed by atoms with E-state index >= 15 is 0 Å². The van der Waals surface area contributed by atoms with Crippen LogP contribution in [0.2, 0.25) is 0 Å². The molecule has 0 unspecified atom stereocenters. The lowest BCUT2D eigenvalue weighted by Gasteiger charge is -2.28. The van der Waals surface area contributed by atoms with Crippen LogP contribution in [0.4, 0.5) is 0 Å². The highest BCUT2D eigenvalue weighted by Crippen LogP contribution is 2.31. The van der Waals surface area contributed by atoms with Crippen LogP contribution in [-0.2, 0) is 9.59 Å². The molecule has 0 radical (unpaired) electrons. The molecule has 0 bridgehead atoms. The van der Waals surface area contributed by atoms with E-state index in [0.29, 0.717) is 5.92 Å². The lowest BCUT2D eigenvalue weighted by atomic mass is 9.80. The van der Waals surface area contributed by atoms with Gasteiger partial charge in [0.25, 0.3) is 0 Å². The maximum atomic E-state index is 11.5. The summed E-state index contributed by atoms with van der Waals surface area (Å²) in [6.07, 6.45) is 9.00. The number of unbranched alkanes of at least 4 members (excludes halogenated alkanes) is 1. The molecule has 0 aromatic rings. The molecule has 0 heterocycles. The minimum Gasteiger partial charge on any atom is -0.354 e. The Hall–Kier alpha value is -1.10. The first kappa shape index (κ1) is 17.0. The summed E-state index contributed by atoms with van der Waals surface area (Å²) < 4.78 is 0. The molecular formula is C15H29N3O2. The van der Waals surface area contributed by atoms with Gasteiger partial charge in [-0.15, -0.1) is 0 Å². The van der Waals surface area contributed by atoms with Crippen molar-refractivity contribution in [2.75, 3.05) is 19.6 Å². The van der Waals surface area contributed by atoms with Crippen LogP contribution >= 0.6 is 0 Å². The van der Waals surface area contributed by atoms with E-state index in [0.717, 1.165) is 12.5 Å². The van der Waals surface area contributed by atoms with E-state index in [2.05, 4.69) is 17.6 Å². The molecule has 5 heteroatoms. The van der Waals surface area contributed by atoms with E-state index in [9.17, 15) is 9.59 Å². The van der Waals surface area contributed by atoms with Gasteiger partial charge in [0.05, 0.1) is 13.1 Å². The van der Waals surface area contributed by atoms with Crippen molar-refractivity contribution in [2.45, 2.75) is 51.9 Å². The standard InChI is InChI=1S/C15H29N3O2/c1-2-3-4-12-5-7-13(8-6-12)10-17-15(20)11-18-14(19)9-16/h12-13H,2-11,16H2,1H3,(H,17,20)(H,18,19). The van der Waals surface area contributed by atoms with Crippen molar-refractivity contribution in [3.63, 3.8) is 0 Å². The number of hydrogen-bond donors (Lipinski definition) is 3. The number of nitrogens with two attached hydrogens (primary N) is 1. The van der Waals surface area contributed by atoms with E-state index < -0.39 is 0 Å². The lowest BCUT2D eigenvalue weighted by Crippen LogP contribution is -2.41. The summed E-state index contributed by atoms with van der Waals surface area (Å²) in [6, 6.07) is 0. The van der Waals surface area contributed by atoms with Gasteiger partial charge in [-0.1, -0.05) is 39.0 Å². The second-order valence-corrected chi connectivity index (χ2v) is 5.81. The molecular weight excluding hydrogens is 254 g/mol. The number of carbonyl (C=O) groups is 2. The van der Waals surface area contributed by atoms with Gasteiger partial charge in [-0.3, -0.25) is 9.59 Å². The van der Waals surface area contributed by atoms with Crippen molar-refractivity contribution >= 4 is 11.8 Å². The summed E-state index contributed by atoms with van der Waals surface area (Å²) in [4.78, 5) is 22.5. The Morgan fingerprint density at radius 1 is 1.05 bits per heavy atom. The monoisotopic (exact) mass is 283 g/mol. The fourth-order valence-electron chi connectivity index (χ4n) is 2.79. The van der Waals surface area contributed by atoms with Gasteiger partial charge in [0.15, 0.2) is 0 Å². The van der Waals surface area contributed by atoms with Crippen LogP contribution in [0.3, 0.4) is 0 Å². The molecule has 1 saturated carbocycles. The molecule has 0 atom stereocenters. The predicted molar refractivity (Wildman–Crippen MR) is 80.0 cm³/mol. The topological polar surface area (TPSA) is 84.2 Å². The fraction of sp³-hybridized carbons (Fsp3) is 0.867. The molecule has 0 aliphatic heterocycles. The molecule has 20 heavy (non-hydrogen) atoms. The zero-order valence-electron chi connectivity index (χ0n) is 12.6. The highest BCUT2D eigenvalue weighted by atomic mass is 16.2. The quantitative estimate of drug-likeness (QED) is 0.625. The SMILES string of the molecule is CCCCC1CCC(CNC(=O)CNC(=O)CN)CC1. The number of carbonyl (C=O) groups excluding carboxylic acids is 2. The second kappa shape index (κ2) is 9.75. The molecule has 0 saturated heterocycles. The summed E-state index contributed by atoms with van der Waals surface area (Å²) >= 11 is 0. The van der Waals surface area contributed by atoms with Crippen molar-refractivity contribution in [1.29, 1.82) is 0 Å². The van der Waals surface area contributed by atoms with Gasteiger partial charge < -0.3 is 16.4 Å². The number of hydrogen-bond acceptors (Lipinski definition) is 3. The zero-order valence-corrected chi connectivity index (χ0v) is 12.6. The van der Waals surface area contributed by atoms with Crippen LogP contribution in [0.5, 0.6) is 0 Å². The van der Waals surface area contributed by atoms with E-state index in [-0.39, 0.29) is 24.9 Å². The average Bonchev–Trinajstić information content (AvgIpc) is 2.49. The van der Waals surface area contributed by atoms with Gasteiger partial charge in [0.2, 0.25) is 11.8 Å². The summed E-state index contributed by atoms with van der Waals surface area (Å²) in [5.74, 6) is 1.07. The maximum Gasteiger partial charge on any atom is 0.239 e. The van der Waals surface area contributed by atoms with Gasteiger partial charge >= 0.3 is 0 Å². The van der Waals surface area contributed by atoms with Crippen LogP contribution < -0.4 is 16.4 Å². The van der Waals surface area contributed by atoms with Crippen LogP contribution in [0.1, 0.15) is 51.9 Å². The Morgan fingerprint density at radius 3 is 2.30 bits per heavy atom. The fourth-order valence-corrected chi connectivity index (χ4v) is 2.79. The molecule has 116 valence electrons. The maximum absolute atomic E-state index is 11.5. The van der Waals surface area contributed by atoms with Crippen LogP contribution in [0.25, 0.3) is 0 Å². The Balaban J connectivity index is 2.08. The molecule has 1 aliphatic carbocycles. The Morgan fingerprint density at radius 2 is 1.70 bits per heavy atom. The molecule has 1 aliphatic rings. The molecule has 0 aromatic heterocycles. The first-order chi connectivity index (χ1) is 9.65. The molecule has 1 rings (SSSR count). The van der Waals surface area contributed by atoms with E-state index in [1.165, 1.54) is 44.9 Å². The third kappa shape index (κ3) is 6.89. The smallest absolute Gasteiger partial charge is 0.239 e. The minimum absolute atomic E-state index is 0.0296. The van der Waals surface area contributed by atoms with Gasteiger partial charge in [-0.05, 0) is 24.7 Å². The first-order valence-corrected chi connectivity index (χ1v) is 7.89.